The monoisotopic (exact) mass is 288 g/mol. The van der Waals surface area contributed by atoms with Crippen molar-refractivity contribution in [2.45, 2.75) is 44.0 Å². The summed E-state index contributed by atoms with van der Waals surface area (Å²) in [6.45, 7) is 4.59. The van der Waals surface area contributed by atoms with Gasteiger partial charge in [0.2, 0.25) is 0 Å². The molecule has 20 heavy (non-hydrogen) atoms. The molecular formula is C16H20N2OS. The van der Waals surface area contributed by atoms with E-state index in [1.165, 1.54) is 0 Å². The lowest BCUT2D eigenvalue weighted by Crippen LogP contribution is -2.44. The van der Waals surface area contributed by atoms with Crippen LogP contribution in [-0.4, -0.2) is 24.1 Å². The van der Waals surface area contributed by atoms with E-state index in [1.807, 2.05) is 18.2 Å². The molecule has 1 atom stereocenters. The number of nitrogens with zero attached hydrogens (tertiary/aromatic N) is 2. The van der Waals surface area contributed by atoms with Crippen LogP contribution in [0.2, 0.25) is 0 Å². The SMILES string of the molecule is CCSc1cccc(N2CCCCC2C(C)=O)c1C#N. The van der Waals surface area contributed by atoms with Crippen LogP contribution < -0.4 is 4.90 Å². The van der Waals surface area contributed by atoms with Crippen LogP contribution in [0.3, 0.4) is 0 Å². The van der Waals surface area contributed by atoms with Crippen LogP contribution in [-0.2, 0) is 4.79 Å². The number of rotatable bonds is 4. The van der Waals surface area contributed by atoms with E-state index < -0.39 is 0 Å². The van der Waals surface area contributed by atoms with Crippen molar-refractivity contribution in [2.75, 3.05) is 17.2 Å². The molecular weight excluding hydrogens is 268 g/mol. The highest BCUT2D eigenvalue weighted by Gasteiger charge is 2.28. The fourth-order valence-electron chi connectivity index (χ4n) is 2.79. The van der Waals surface area contributed by atoms with Gasteiger partial charge < -0.3 is 4.90 Å². The normalized spacial score (nSPS) is 18.6. The van der Waals surface area contributed by atoms with Crippen LogP contribution >= 0.6 is 11.8 Å². The molecule has 1 fully saturated rings. The van der Waals surface area contributed by atoms with Crippen LogP contribution in [0.15, 0.2) is 23.1 Å². The van der Waals surface area contributed by atoms with Gasteiger partial charge in [0.05, 0.1) is 17.3 Å². The molecule has 1 saturated heterocycles. The van der Waals surface area contributed by atoms with Crippen molar-refractivity contribution in [1.29, 1.82) is 5.26 Å². The quantitative estimate of drug-likeness (QED) is 0.794. The van der Waals surface area contributed by atoms with Crippen molar-refractivity contribution >= 4 is 23.2 Å². The number of benzene rings is 1. The molecule has 0 aliphatic carbocycles. The highest BCUT2D eigenvalue weighted by Crippen LogP contribution is 2.33. The zero-order chi connectivity index (χ0) is 14.5. The van der Waals surface area contributed by atoms with Crippen LogP contribution in [0, 0.1) is 11.3 Å². The standard InChI is InChI=1S/C16H20N2OS/c1-3-20-16-9-6-8-15(13(16)11-17)18-10-5-4-7-14(18)12(2)19/h6,8-9,14H,3-5,7,10H2,1-2H3. The van der Waals surface area contributed by atoms with Gasteiger partial charge in [0.25, 0.3) is 0 Å². The smallest absolute Gasteiger partial charge is 0.152 e. The van der Waals surface area contributed by atoms with Crippen molar-refractivity contribution < 1.29 is 4.79 Å². The number of piperidine rings is 1. The average molecular weight is 288 g/mol. The Bertz CT molecular complexity index is 536. The zero-order valence-electron chi connectivity index (χ0n) is 12.1. The number of nitriles is 1. The minimum Gasteiger partial charge on any atom is -0.360 e. The van der Waals surface area contributed by atoms with Gasteiger partial charge in [0.1, 0.15) is 6.07 Å². The van der Waals surface area contributed by atoms with Gasteiger partial charge >= 0.3 is 0 Å². The Morgan fingerprint density at radius 3 is 2.95 bits per heavy atom. The van der Waals surface area contributed by atoms with Crippen LogP contribution in [0.5, 0.6) is 0 Å². The van der Waals surface area contributed by atoms with Crippen molar-refractivity contribution in [2.24, 2.45) is 0 Å². The summed E-state index contributed by atoms with van der Waals surface area (Å²) in [5.41, 5.74) is 1.64. The van der Waals surface area contributed by atoms with Gasteiger partial charge in [0, 0.05) is 11.4 Å². The molecule has 0 aromatic heterocycles. The molecule has 1 heterocycles. The number of anilines is 1. The molecule has 0 N–H and O–H groups in total. The molecule has 0 amide bonds. The molecule has 0 bridgehead atoms. The molecule has 1 aromatic rings. The average Bonchev–Trinajstić information content (AvgIpc) is 2.47. The van der Waals surface area contributed by atoms with E-state index in [1.54, 1.807) is 18.7 Å². The largest absolute Gasteiger partial charge is 0.360 e. The maximum atomic E-state index is 11.9. The molecule has 0 radical (unpaired) electrons. The van der Waals surface area contributed by atoms with Crippen LogP contribution in [0.4, 0.5) is 5.69 Å². The van der Waals surface area contributed by atoms with Crippen molar-refractivity contribution in [3.63, 3.8) is 0 Å². The lowest BCUT2D eigenvalue weighted by atomic mass is 9.97. The number of carbonyl (C=O) groups is 1. The minimum absolute atomic E-state index is 0.0715. The molecule has 1 unspecified atom stereocenters. The first kappa shape index (κ1) is 14.9. The van der Waals surface area contributed by atoms with Gasteiger partial charge in [-0.05, 0) is 44.1 Å². The van der Waals surface area contributed by atoms with Gasteiger partial charge in [-0.2, -0.15) is 5.26 Å². The number of carbonyl (C=O) groups excluding carboxylic acids is 1. The number of ketones is 1. The molecule has 2 rings (SSSR count). The highest BCUT2D eigenvalue weighted by molar-refractivity contribution is 7.99. The van der Waals surface area contributed by atoms with Crippen LogP contribution in [0.1, 0.15) is 38.7 Å². The molecule has 1 aliphatic heterocycles. The Morgan fingerprint density at radius 2 is 2.30 bits per heavy atom. The summed E-state index contributed by atoms with van der Waals surface area (Å²) in [6.07, 6.45) is 3.07. The van der Waals surface area contributed by atoms with Crippen LogP contribution in [0.25, 0.3) is 0 Å². The summed E-state index contributed by atoms with van der Waals surface area (Å²) in [6, 6.07) is 8.21. The van der Waals surface area contributed by atoms with E-state index in [-0.39, 0.29) is 11.8 Å². The summed E-state index contributed by atoms with van der Waals surface area (Å²) in [5, 5.41) is 9.51. The summed E-state index contributed by atoms with van der Waals surface area (Å²) < 4.78 is 0. The second kappa shape index (κ2) is 6.81. The van der Waals surface area contributed by atoms with Gasteiger partial charge in [-0.1, -0.05) is 13.0 Å². The molecule has 3 nitrogen and oxygen atoms in total. The van der Waals surface area contributed by atoms with E-state index in [9.17, 15) is 10.1 Å². The van der Waals surface area contributed by atoms with E-state index in [2.05, 4.69) is 17.9 Å². The maximum Gasteiger partial charge on any atom is 0.152 e. The zero-order valence-corrected chi connectivity index (χ0v) is 12.9. The second-order valence-electron chi connectivity index (χ2n) is 5.01. The predicted octanol–water partition coefficient (Wildman–Crippen LogP) is 3.62. The van der Waals surface area contributed by atoms with Crippen molar-refractivity contribution in [1.82, 2.24) is 0 Å². The lowest BCUT2D eigenvalue weighted by molar-refractivity contribution is -0.118. The molecule has 0 spiro atoms. The number of hydrogen-bond acceptors (Lipinski definition) is 4. The number of Topliss-reactive ketones (excluding diaryl/α,β-unsaturated/α-hetero) is 1. The summed E-state index contributed by atoms with van der Waals surface area (Å²) >= 11 is 1.68. The molecule has 1 aliphatic rings. The minimum atomic E-state index is -0.0715. The molecule has 1 aromatic carbocycles. The number of hydrogen-bond donors (Lipinski definition) is 0. The van der Waals surface area contributed by atoms with Gasteiger partial charge in [-0.15, -0.1) is 11.8 Å². The second-order valence-corrected chi connectivity index (χ2v) is 6.32. The Balaban J connectivity index is 2.42. The van der Waals surface area contributed by atoms with E-state index in [4.69, 9.17) is 0 Å². The van der Waals surface area contributed by atoms with Crippen molar-refractivity contribution in [3.8, 4) is 6.07 Å². The first-order valence-corrected chi connectivity index (χ1v) is 8.10. The molecule has 0 saturated carbocycles. The van der Waals surface area contributed by atoms with E-state index in [0.29, 0.717) is 5.56 Å². The van der Waals surface area contributed by atoms with Gasteiger partial charge in [0.15, 0.2) is 5.78 Å². The van der Waals surface area contributed by atoms with Gasteiger partial charge in [-0.25, -0.2) is 0 Å². The topological polar surface area (TPSA) is 44.1 Å². The highest BCUT2D eigenvalue weighted by atomic mass is 32.2. The molecule has 106 valence electrons. The molecule has 4 heteroatoms. The fourth-order valence-corrected chi connectivity index (χ4v) is 3.57. The van der Waals surface area contributed by atoms with Crippen molar-refractivity contribution in [3.05, 3.63) is 23.8 Å². The third-order valence-electron chi connectivity index (χ3n) is 3.70. The Morgan fingerprint density at radius 1 is 1.50 bits per heavy atom. The number of thioether (sulfide) groups is 1. The predicted molar refractivity (Wildman–Crippen MR) is 83.2 cm³/mol. The fraction of sp³-hybridized carbons (Fsp3) is 0.500. The van der Waals surface area contributed by atoms with E-state index >= 15 is 0 Å². The lowest BCUT2D eigenvalue weighted by Gasteiger charge is -2.36. The first-order valence-electron chi connectivity index (χ1n) is 7.12. The van der Waals surface area contributed by atoms with E-state index in [0.717, 1.165) is 42.1 Å². The Labute approximate surface area is 125 Å². The third-order valence-corrected chi connectivity index (χ3v) is 4.64. The summed E-state index contributed by atoms with van der Waals surface area (Å²) in [5.74, 6) is 1.14. The van der Waals surface area contributed by atoms with Gasteiger partial charge in [-0.3, -0.25) is 4.79 Å². The Hall–Kier alpha value is -1.47. The maximum absolute atomic E-state index is 11.9. The third kappa shape index (κ3) is 2.99. The first-order chi connectivity index (χ1) is 9.69. The summed E-state index contributed by atoms with van der Waals surface area (Å²) in [7, 11) is 0. The summed E-state index contributed by atoms with van der Waals surface area (Å²) in [4.78, 5) is 15.0. The Kier molecular flexibility index (Phi) is 5.08.